The van der Waals surface area contributed by atoms with E-state index >= 15 is 0 Å². The Morgan fingerprint density at radius 1 is 1.16 bits per heavy atom. The van der Waals surface area contributed by atoms with Crippen molar-refractivity contribution in [2.24, 2.45) is 5.92 Å². The van der Waals surface area contributed by atoms with E-state index in [2.05, 4.69) is 17.9 Å². The highest BCUT2D eigenvalue weighted by atomic mass is 16.5. The van der Waals surface area contributed by atoms with Crippen LogP contribution in [0.3, 0.4) is 0 Å². The zero-order chi connectivity index (χ0) is 17.3. The Morgan fingerprint density at radius 3 is 2.84 bits per heavy atom. The van der Waals surface area contributed by atoms with E-state index < -0.39 is 0 Å². The van der Waals surface area contributed by atoms with Gasteiger partial charge in [-0.3, -0.25) is 4.90 Å². The summed E-state index contributed by atoms with van der Waals surface area (Å²) in [5, 5.41) is 10.2. The van der Waals surface area contributed by atoms with Crippen molar-refractivity contribution in [1.29, 1.82) is 0 Å². The Kier molecular flexibility index (Phi) is 4.43. The molecule has 2 unspecified atom stereocenters. The number of benzene rings is 2. The average molecular weight is 337 g/mol. The predicted molar refractivity (Wildman–Crippen MR) is 100 cm³/mol. The third kappa shape index (κ3) is 3.13. The molecule has 0 saturated carbocycles. The molecule has 3 nitrogen and oxygen atoms in total. The lowest BCUT2D eigenvalue weighted by atomic mass is 9.61. The molecule has 2 aliphatic rings. The summed E-state index contributed by atoms with van der Waals surface area (Å²) < 4.78 is 5.87. The van der Waals surface area contributed by atoms with Crippen molar-refractivity contribution in [3.05, 3.63) is 59.7 Å². The molecule has 2 atom stereocenters. The summed E-state index contributed by atoms with van der Waals surface area (Å²) >= 11 is 0. The molecule has 1 heterocycles. The fraction of sp³-hybridized carbons (Fsp3) is 0.455. The minimum atomic E-state index is 0.198. The maximum absolute atomic E-state index is 10.2. The van der Waals surface area contributed by atoms with Crippen molar-refractivity contribution in [2.75, 3.05) is 26.2 Å². The van der Waals surface area contributed by atoms with Gasteiger partial charge in [0.25, 0.3) is 0 Å². The molecule has 1 saturated heterocycles. The number of hydrogen-bond donors (Lipinski definition) is 1. The molecule has 0 amide bonds. The highest BCUT2D eigenvalue weighted by Crippen LogP contribution is 2.48. The number of para-hydroxylation sites is 1. The van der Waals surface area contributed by atoms with E-state index in [4.69, 9.17) is 4.74 Å². The Balaban J connectivity index is 1.39. The molecule has 132 valence electrons. The third-order valence-electron chi connectivity index (χ3n) is 6.26. The first-order chi connectivity index (χ1) is 12.2. The number of ether oxygens (including phenoxy) is 1. The molecule has 4 rings (SSSR count). The minimum Gasteiger partial charge on any atom is -0.508 e. The van der Waals surface area contributed by atoms with Gasteiger partial charge >= 0.3 is 0 Å². The van der Waals surface area contributed by atoms with Crippen LogP contribution in [-0.2, 0) is 11.8 Å². The second-order valence-electron chi connectivity index (χ2n) is 7.67. The van der Waals surface area contributed by atoms with Crippen LogP contribution in [0, 0.1) is 5.92 Å². The smallest absolute Gasteiger partial charge is 0.119 e. The largest absolute Gasteiger partial charge is 0.508 e. The van der Waals surface area contributed by atoms with Crippen molar-refractivity contribution in [3.63, 3.8) is 0 Å². The molecule has 2 aromatic rings. The number of hydrogen-bond acceptors (Lipinski definition) is 3. The van der Waals surface area contributed by atoms with Gasteiger partial charge < -0.3 is 9.84 Å². The molecule has 3 heteroatoms. The van der Waals surface area contributed by atoms with Crippen LogP contribution in [0.25, 0.3) is 0 Å². The molecule has 0 radical (unpaired) electrons. The highest BCUT2D eigenvalue weighted by Gasteiger charge is 2.44. The standard InChI is InChI=1S/C22H27NO2/c1-22-12-13-23(14-15-25-18-6-3-2-4-7-18)16-17(22)10-11-19-20(22)8-5-9-21(19)24/h2-9,17,24H,10-16H2,1H3. The van der Waals surface area contributed by atoms with Crippen LogP contribution in [0.4, 0.5) is 0 Å². The van der Waals surface area contributed by atoms with Crippen molar-refractivity contribution >= 4 is 0 Å². The first kappa shape index (κ1) is 16.5. The fourth-order valence-electron chi connectivity index (χ4n) is 4.67. The average Bonchev–Trinajstić information content (AvgIpc) is 2.63. The zero-order valence-electron chi connectivity index (χ0n) is 14.9. The molecule has 1 aliphatic heterocycles. The van der Waals surface area contributed by atoms with Crippen LogP contribution in [-0.4, -0.2) is 36.2 Å². The second kappa shape index (κ2) is 6.72. The molecule has 1 aliphatic carbocycles. The number of likely N-dealkylation sites (tertiary alicyclic amines) is 1. The van der Waals surface area contributed by atoms with E-state index in [1.807, 2.05) is 42.5 Å². The predicted octanol–water partition coefficient (Wildman–Crippen LogP) is 4.00. The van der Waals surface area contributed by atoms with E-state index in [0.717, 1.165) is 51.3 Å². The number of phenols is 1. The number of rotatable bonds is 4. The summed E-state index contributed by atoms with van der Waals surface area (Å²) in [6.45, 7) is 6.34. The van der Waals surface area contributed by atoms with Crippen molar-refractivity contribution < 1.29 is 9.84 Å². The Morgan fingerprint density at radius 2 is 2.00 bits per heavy atom. The lowest BCUT2D eigenvalue weighted by Gasteiger charge is -2.49. The summed E-state index contributed by atoms with van der Waals surface area (Å²) in [4.78, 5) is 2.54. The first-order valence-electron chi connectivity index (χ1n) is 9.38. The van der Waals surface area contributed by atoms with Crippen LogP contribution in [0.1, 0.15) is 30.9 Å². The van der Waals surface area contributed by atoms with E-state index in [1.54, 1.807) is 0 Å². The molecule has 2 aromatic carbocycles. The van der Waals surface area contributed by atoms with E-state index in [9.17, 15) is 5.11 Å². The molecule has 1 N–H and O–H groups in total. The Bertz CT molecular complexity index is 730. The summed E-state index contributed by atoms with van der Waals surface area (Å²) in [7, 11) is 0. The Labute approximate surface area is 150 Å². The van der Waals surface area contributed by atoms with Gasteiger partial charge in [-0.1, -0.05) is 37.3 Å². The van der Waals surface area contributed by atoms with Crippen LogP contribution in [0.5, 0.6) is 11.5 Å². The first-order valence-corrected chi connectivity index (χ1v) is 9.38. The van der Waals surface area contributed by atoms with Crippen LogP contribution in [0.15, 0.2) is 48.5 Å². The summed E-state index contributed by atoms with van der Waals surface area (Å²) in [5.41, 5.74) is 2.76. The highest BCUT2D eigenvalue weighted by molar-refractivity contribution is 5.46. The number of piperidine rings is 1. The van der Waals surface area contributed by atoms with Gasteiger partial charge in [0.05, 0.1) is 0 Å². The molecule has 1 fully saturated rings. The normalized spacial score (nSPS) is 25.9. The van der Waals surface area contributed by atoms with Crippen molar-refractivity contribution in [2.45, 2.75) is 31.6 Å². The van der Waals surface area contributed by atoms with Crippen molar-refractivity contribution in [3.8, 4) is 11.5 Å². The molecule has 25 heavy (non-hydrogen) atoms. The van der Waals surface area contributed by atoms with Gasteiger partial charge in [-0.15, -0.1) is 0 Å². The molecular formula is C22H27NO2. The molecule has 0 aromatic heterocycles. The maximum Gasteiger partial charge on any atom is 0.119 e. The third-order valence-corrected chi connectivity index (χ3v) is 6.26. The van der Waals surface area contributed by atoms with Gasteiger partial charge in [0.2, 0.25) is 0 Å². The summed E-state index contributed by atoms with van der Waals surface area (Å²) in [6.07, 6.45) is 3.31. The molecule has 0 spiro atoms. The number of nitrogens with zero attached hydrogens (tertiary/aromatic N) is 1. The Hall–Kier alpha value is -2.00. The van der Waals surface area contributed by atoms with Crippen LogP contribution in [0.2, 0.25) is 0 Å². The van der Waals surface area contributed by atoms with Crippen LogP contribution < -0.4 is 4.74 Å². The SMILES string of the molecule is CC12CCN(CCOc3ccccc3)CC1CCc1c(O)cccc12. The quantitative estimate of drug-likeness (QED) is 0.915. The van der Waals surface area contributed by atoms with Gasteiger partial charge in [-0.2, -0.15) is 0 Å². The monoisotopic (exact) mass is 337 g/mol. The number of aromatic hydroxyl groups is 1. The zero-order valence-corrected chi connectivity index (χ0v) is 14.9. The number of phenolic OH excluding ortho intramolecular Hbond substituents is 1. The van der Waals surface area contributed by atoms with E-state index in [1.165, 1.54) is 11.1 Å². The van der Waals surface area contributed by atoms with Gasteiger partial charge in [0.1, 0.15) is 18.1 Å². The van der Waals surface area contributed by atoms with Gasteiger partial charge in [-0.05, 0) is 66.5 Å². The summed E-state index contributed by atoms with van der Waals surface area (Å²) in [6, 6.07) is 16.1. The number of fused-ring (bicyclic) bond motifs is 3. The fourth-order valence-corrected chi connectivity index (χ4v) is 4.67. The minimum absolute atomic E-state index is 0.198. The lowest BCUT2D eigenvalue weighted by molar-refractivity contribution is 0.0762. The second-order valence-corrected chi connectivity index (χ2v) is 7.67. The van der Waals surface area contributed by atoms with Gasteiger partial charge in [0.15, 0.2) is 0 Å². The maximum atomic E-state index is 10.2. The topological polar surface area (TPSA) is 32.7 Å². The molecular weight excluding hydrogens is 310 g/mol. The van der Waals surface area contributed by atoms with Crippen molar-refractivity contribution in [1.82, 2.24) is 4.90 Å². The van der Waals surface area contributed by atoms with Gasteiger partial charge in [0, 0.05) is 13.1 Å². The van der Waals surface area contributed by atoms with E-state index in [-0.39, 0.29) is 5.41 Å². The summed E-state index contributed by atoms with van der Waals surface area (Å²) in [5.74, 6) is 2.09. The van der Waals surface area contributed by atoms with E-state index in [0.29, 0.717) is 11.7 Å². The molecule has 0 bridgehead atoms. The van der Waals surface area contributed by atoms with Crippen LogP contribution >= 0.6 is 0 Å². The lowest BCUT2D eigenvalue weighted by Crippen LogP contribution is -2.51. The van der Waals surface area contributed by atoms with Gasteiger partial charge in [-0.25, -0.2) is 0 Å².